The quantitative estimate of drug-likeness (QED) is 0.0505. The van der Waals surface area contributed by atoms with Crippen molar-refractivity contribution in [3.05, 3.63) is 433 Å². The zero-order chi connectivity index (χ0) is 104. The third-order valence-electron chi connectivity index (χ3n) is 29.7. The van der Waals surface area contributed by atoms with Crippen LogP contribution in [0.15, 0.2) is 264 Å². The third kappa shape index (κ3) is 20.4. The molecule has 1 saturated heterocycles. The predicted octanol–water partition coefficient (Wildman–Crippen LogP) is 14.6. The minimum Gasteiger partial charge on any atom is -0.453 e. The summed E-state index contributed by atoms with van der Waals surface area (Å²) in [5, 5.41) is 18.8. The molecular weight excluding hydrogens is 1910 g/mol. The number of methoxy groups -OCH3 is 1. The van der Waals surface area contributed by atoms with Gasteiger partial charge in [0.15, 0.2) is 0 Å². The van der Waals surface area contributed by atoms with E-state index in [0.717, 1.165) is 77.8 Å². The van der Waals surface area contributed by atoms with Gasteiger partial charge in [-0.2, -0.15) is 0 Å². The Hall–Kier alpha value is -16.5. The maximum Gasteiger partial charge on any atom is 0.409 e. The highest BCUT2D eigenvalue weighted by molar-refractivity contribution is 5.67. The number of nitrogens with zero attached hydrogens (tertiary/aromatic N) is 7. The second kappa shape index (κ2) is 41.5. The number of ether oxygens (including phenoxy) is 1. The molecule has 14 aromatic rings. The van der Waals surface area contributed by atoms with Gasteiger partial charge >= 0.3 is 40.2 Å². The average molecular weight is 2020 g/mol. The number of H-pyrrole nitrogens is 6. The number of hydrogen-bond donors (Lipinski definition) is 12. The number of aromatic amines is 6. The van der Waals surface area contributed by atoms with Gasteiger partial charge < -0.3 is 41.5 Å². The molecule has 766 valence electrons. The van der Waals surface area contributed by atoms with Gasteiger partial charge in [0, 0.05) is 46.9 Å². The number of halogens is 6. The van der Waals surface area contributed by atoms with Crippen LogP contribution in [0.2, 0.25) is 0 Å². The Morgan fingerprint density at radius 3 is 0.892 bits per heavy atom. The summed E-state index contributed by atoms with van der Waals surface area (Å²) in [6, 6.07) is 55.3. The number of rotatable bonds is 12. The predicted molar refractivity (Wildman–Crippen MR) is 548 cm³/mol. The first-order valence-corrected chi connectivity index (χ1v) is 49.6. The summed E-state index contributed by atoms with van der Waals surface area (Å²) in [6.45, 7) is 6.67. The molecular formula is C109H109F6N19O14. The van der Waals surface area contributed by atoms with E-state index in [-0.39, 0.29) is 116 Å². The Labute approximate surface area is 839 Å². The summed E-state index contributed by atoms with van der Waals surface area (Å²) < 4.78 is 95.6. The Balaban J connectivity index is 0.000000112. The molecule has 0 radical (unpaired) electrons. The number of piperidine rings is 1. The van der Waals surface area contributed by atoms with Crippen LogP contribution in [0.25, 0.3) is 11.4 Å². The van der Waals surface area contributed by atoms with Crippen LogP contribution < -0.4 is 99.4 Å². The highest BCUT2D eigenvalue weighted by Gasteiger charge is 2.46. The van der Waals surface area contributed by atoms with E-state index in [1.807, 2.05) is 63.2 Å². The first-order valence-electron chi connectivity index (χ1n) is 49.6. The minimum absolute atomic E-state index is 0.0721. The molecule has 13 heterocycles. The summed E-state index contributed by atoms with van der Waals surface area (Å²) in [4.78, 5) is 181. The highest BCUT2D eigenvalue weighted by Crippen LogP contribution is 2.45. The van der Waals surface area contributed by atoms with Gasteiger partial charge in [-0.05, 0) is 221 Å². The van der Waals surface area contributed by atoms with E-state index in [1.165, 1.54) is 49.6 Å². The van der Waals surface area contributed by atoms with Crippen molar-refractivity contribution < 1.29 is 35.9 Å². The molecule has 8 aromatic carbocycles. The lowest BCUT2D eigenvalue weighted by Crippen LogP contribution is -2.46. The van der Waals surface area contributed by atoms with Gasteiger partial charge in [0.2, 0.25) is 0 Å². The van der Waals surface area contributed by atoms with Crippen LogP contribution in [-0.4, -0.2) is 88.5 Å². The van der Waals surface area contributed by atoms with Crippen LogP contribution in [-0.2, 0) is 59.9 Å². The molecule has 4 fully saturated rings. The van der Waals surface area contributed by atoms with E-state index in [4.69, 9.17) is 4.74 Å². The van der Waals surface area contributed by atoms with Crippen molar-refractivity contribution in [2.24, 2.45) is 0 Å². The fourth-order valence-electron chi connectivity index (χ4n) is 20.8. The van der Waals surface area contributed by atoms with Gasteiger partial charge in [-0.25, -0.2) is 69.0 Å². The number of anilines is 6. The largest absolute Gasteiger partial charge is 0.453 e. The Bertz CT molecular complexity index is 7940. The van der Waals surface area contributed by atoms with Gasteiger partial charge in [0.1, 0.15) is 69.8 Å². The molecule has 3 aliphatic carbocycles. The van der Waals surface area contributed by atoms with Crippen molar-refractivity contribution in [1.29, 1.82) is 0 Å². The Morgan fingerprint density at radius 1 is 0.297 bits per heavy atom. The third-order valence-corrected chi connectivity index (χ3v) is 29.7. The monoisotopic (exact) mass is 2020 g/mol. The van der Waals surface area contributed by atoms with Gasteiger partial charge in [-0.3, -0.25) is 76.9 Å². The number of aromatic nitrogens is 12. The van der Waals surface area contributed by atoms with Crippen molar-refractivity contribution in [2.45, 2.75) is 208 Å². The Kier molecular flexibility index (Phi) is 28.1. The van der Waals surface area contributed by atoms with Gasteiger partial charge in [0.25, 0.3) is 33.4 Å². The molecule has 7 aliphatic heterocycles. The zero-order valence-corrected chi connectivity index (χ0v) is 81.3. The van der Waals surface area contributed by atoms with Gasteiger partial charge in [-0.15, -0.1) is 0 Å². The van der Waals surface area contributed by atoms with Gasteiger partial charge in [0.05, 0.1) is 105 Å². The molecule has 3 saturated carbocycles. The number of hydrogen-bond acceptors (Lipinski definition) is 20. The number of fused-ring (bicyclic) bond motifs is 6. The number of amides is 1. The molecule has 148 heavy (non-hydrogen) atoms. The smallest absolute Gasteiger partial charge is 0.409 e. The SMILES string of the molecule is CC1(n2c(=O)[nH]c3c(c2=O)CC[C@@H](c2ccccc2F)N3)CC1.CC1(n2c(=O)[nH]c3c(c2=O)CC[C@H](c2cc(F)ccc2F)N3)CC1.CC1(n2c(=O)[nH]c3c(c2=O)CC[C@H](c2ccccc2F)N3)CC1.COC(=O)N1CCC(n2c(=O)[nH]c3c(c2=O)CC[C@H](c2ccccc2)N3)CC1.O=c1[nH]c2c(c(=O)n1-c1ccccc1)CC[C@@H](c1ccccc1F)N2.O=c1[nH]c2c(c(=O)n1-c1ccccc1)CC[C@H](c1ccccc1F)N2. The van der Waals surface area contributed by atoms with Crippen molar-refractivity contribution in [2.75, 3.05) is 52.1 Å². The molecule has 6 aromatic heterocycles. The van der Waals surface area contributed by atoms with E-state index >= 15 is 0 Å². The number of nitrogens with one attached hydrogen (secondary N) is 12. The van der Waals surface area contributed by atoms with Crippen LogP contribution in [0.3, 0.4) is 0 Å². The van der Waals surface area contributed by atoms with Crippen molar-refractivity contribution >= 4 is 41.0 Å². The second-order valence-electron chi connectivity index (χ2n) is 39.5. The summed E-state index contributed by atoms with van der Waals surface area (Å²) >= 11 is 0. The summed E-state index contributed by atoms with van der Waals surface area (Å²) in [7, 11) is 1.35. The molecule has 0 unspecified atom stereocenters. The van der Waals surface area contributed by atoms with E-state index in [1.54, 1.807) is 126 Å². The zero-order valence-electron chi connectivity index (χ0n) is 81.3. The van der Waals surface area contributed by atoms with Crippen molar-refractivity contribution in [3.63, 3.8) is 0 Å². The van der Waals surface area contributed by atoms with Crippen LogP contribution in [0.5, 0.6) is 0 Å². The lowest BCUT2D eigenvalue weighted by atomic mass is 9.95. The summed E-state index contributed by atoms with van der Waals surface area (Å²) in [6.07, 6.45) is 12.3. The molecule has 0 bridgehead atoms. The Morgan fingerprint density at radius 2 is 0.568 bits per heavy atom. The fraction of sp³-hybridized carbons (Fsp3) is 0.330. The maximum atomic E-state index is 14.0. The molecule has 39 heteroatoms. The fourth-order valence-corrected chi connectivity index (χ4v) is 20.8. The normalized spacial score (nSPS) is 19.2. The average Bonchev–Trinajstić information content (AvgIpc) is 1.60. The standard InChI is InChI=1S/C20H24N4O4.2C19H16FN3O2.C17H17F2N3O2.2C17H18FN3O2/c1-28-20(27)23-11-9-14(10-12-23)24-18(25)15-7-8-16(13-5-3-2-4-6-13)21-17(15)22-19(24)26;2*20-15-9-5-4-8-13(15)16-11-10-14-17(21-16)22-19(25)23(18(14)24)12-6-2-1-3-7-12;1-17(6-7-17)22-15(23)10-3-5-13(20-14(10)21-16(22)24)11-8-9(18)2-4-12(11)19;2*1-17(8-9-17)21-15(22)11-6-7-13(19-14(11)20-16(21)23)10-4-2-3-5-12(10)18/h2-6,14,16,21H,7-12H2,1H3,(H,22,26);2*1-9,16,21H,10-11H2,(H,22,25);2,4,8,13,20H,3,5-7H2,1H3,(H,21,24);2*2-5,13,19H,6-9H2,1H3,(H,20,23)/t3*16-;3*13-/m110110/s1. The first-order chi connectivity index (χ1) is 71.3. The lowest BCUT2D eigenvalue weighted by molar-refractivity contribution is 0.106. The van der Waals surface area contributed by atoms with Gasteiger partial charge in [-0.1, -0.05) is 140 Å². The topological polar surface area (TPSA) is 431 Å². The maximum absolute atomic E-state index is 14.0. The highest BCUT2D eigenvalue weighted by atomic mass is 19.1. The van der Waals surface area contributed by atoms with Crippen LogP contribution in [0.4, 0.5) is 66.0 Å². The molecule has 0 spiro atoms. The number of likely N-dealkylation sites (tertiary alicyclic amines) is 1. The van der Waals surface area contributed by atoms with E-state index in [9.17, 15) is 88.7 Å². The van der Waals surface area contributed by atoms with E-state index in [2.05, 4.69) is 61.8 Å². The lowest BCUT2D eigenvalue weighted by Gasteiger charge is -2.32. The minimum atomic E-state index is -0.524. The van der Waals surface area contributed by atoms with Crippen molar-refractivity contribution in [3.8, 4) is 11.4 Å². The number of para-hydroxylation sites is 2. The molecule has 1 amide bonds. The van der Waals surface area contributed by atoms with E-state index in [0.29, 0.717) is 198 Å². The van der Waals surface area contributed by atoms with Crippen LogP contribution in [0.1, 0.15) is 220 Å². The van der Waals surface area contributed by atoms with Crippen LogP contribution in [0, 0.1) is 34.9 Å². The number of carbonyl (C=O) groups is 1. The van der Waals surface area contributed by atoms with Crippen molar-refractivity contribution in [1.82, 2.24) is 62.2 Å². The molecule has 33 nitrogen and oxygen atoms in total. The molecule has 24 rings (SSSR count). The second-order valence-corrected chi connectivity index (χ2v) is 39.5. The number of carbonyl (C=O) groups excluding carboxylic acids is 1. The molecule has 6 atom stereocenters. The summed E-state index contributed by atoms with van der Waals surface area (Å²) in [5.74, 6) is 0.242. The summed E-state index contributed by atoms with van der Waals surface area (Å²) in [5.41, 5.74) is 2.43. The first kappa shape index (κ1) is 100. The number of benzene rings is 8. The van der Waals surface area contributed by atoms with Crippen LogP contribution >= 0.6 is 0 Å². The molecule has 12 N–H and O–H groups in total. The molecule has 10 aliphatic rings. The van der Waals surface area contributed by atoms with E-state index < -0.39 is 57.4 Å².